The van der Waals surface area contributed by atoms with Crippen LogP contribution in [0.15, 0.2) is 22.7 Å². The molecule has 0 aromatic heterocycles. The van der Waals surface area contributed by atoms with E-state index in [-0.39, 0.29) is 5.54 Å². The van der Waals surface area contributed by atoms with Crippen molar-refractivity contribution in [1.29, 1.82) is 0 Å². The van der Waals surface area contributed by atoms with E-state index in [0.717, 1.165) is 22.9 Å². The fourth-order valence-corrected chi connectivity index (χ4v) is 2.06. The number of nitrogens with one attached hydrogen (secondary N) is 1. The Kier molecular flexibility index (Phi) is 4.22. The maximum atomic E-state index is 12.2. The highest BCUT2D eigenvalue weighted by molar-refractivity contribution is 9.10. The number of hydrogen-bond donors (Lipinski definition) is 1. The van der Waals surface area contributed by atoms with Gasteiger partial charge >= 0.3 is 0 Å². The summed E-state index contributed by atoms with van der Waals surface area (Å²) in [5.41, 5.74) is 1.11. The molecule has 18 heavy (non-hydrogen) atoms. The minimum atomic E-state index is -2.45. The van der Waals surface area contributed by atoms with Gasteiger partial charge in [0, 0.05) is 22.1 Å². The highest BCUT2D eigenvalue weighted by atomic mass is 79.9. The largest absolute Gasteiger partial charge is 0.487 e. The zero-order chi connectivity index (χ0) is 13.2. The van der Waals surface area contributed by atoms with Crippen molar-refractivity contribution in [3.63, 3.8) is 0 Å². The van der Waals surface area contributed by atoms with E-state index in [9.17, 15) is 8.78 Å². The molecule has 0 atom stereocenters. The molecule has 0 aliphatic heterocycles. The van der Waals surface area contributed by atoms with Gasteiger partial charge in [0.15, 0.2) is 0 Å². The fraction of sp³-hybridized carbons (Fsp3) is 0.538. The molecule has 2 nitrogen and oxygen atoms in total. The maximum absolute atomic E-state index is 12.2. The smallest absolute Gasteiger partial charge is 0.272 e. The summed E-state index contributed by atoms with van der Waals surface area (Å²) in [6.07, 6.45) is -0.127. The van der Waals surface area contributed by atoms with Crippen molar-refractivity contribution in [2.75, 3.05) is 6.61 Å². The molecule has 0 spiro atoms. The topological polar surface area (TPSA) is 21.3 Å². The minimum Gasteiger partial charge on any atom is -0.487 e. The van der Waals surface area contributed by atoms with Gasteiger partial charge in [0.2, 0.25) is 0 Å². The highest BCUT2D eigenvalue weighted by Gasteiger charge is 2.36. The van der Waals surface area contributed by atoms with Gasteiger partial charge in [0.25, 0.3) is 6.43 Å². The molecule has 1 aromatic carbocycles. The Hall–Kier alpha value is -0.680. The molecule has 0 saturated heterocycles. The Morgan fingerprint density at radius 1 is 1.44 bits per heavy atom. The second-order valence-corrected chi connectivity index (χ2v) is 5.78. The van der Waals surface area contributed by atoms with Crippen molar-refractivity contribution < 1.29 is 13.5 Å². The third kappa shape index (κ3) is 3.92. The van der Waals surface area contributed by atoms with Crippen molar-refractivity contribution in [2.45, 2.75) is 38.3 Å². The number of halogens is 3. The lowest BCUT2D eigenvalue weighted by atomic mass is 10.2. The van der Waals surface area contributed by atoms with Crippen LogP contribution in [0.1, 0.15) is 25.3 Å². The van der Waals surface area contributed by atoms with Crippen LogP contribution in [0.3, 0.4) is 0 Å². The first kappa shape index (κ1) is 13.7. The molecule has 1 aliphatic carbocycles. The zero-order valence-corrected chi connectivity index (χ0v) is 11.8. The Labute approximate surface area is 114 Å². The molecule has 0 unspecified atom stereocenters. The molecule has 1 N–H and O–H groups in total. The molecule has 100 valence electrons. The third-order valence-electron chi connectivity index (χ3n) is 3.09. The summed E-state index contributed by atoms with van der Waals surface area (Å²) in [6, 6.07) is 5.42. The van der Waals surface area contributed by atoms with Crippen molar-refractivity contribution in [1.82, 2.24) is 5.32 Å². The Balaban J connectivity index is 2.02. The Morgan fingerprint density at radius 2 is 2.17 bits per heavy atom. The van der Waals surface area contributed by atoms with Crippen molar-refractivity contribution in [3.05, 3.63) is 28.2 Å². The van der Waals surface area contributed by atoms with E-state index >= 15 is 0 Å². The molecule has 0 heterocycles. The van der Waals surface area contributed by atoms with Gasteiger partial charge in [0.05, 0.1) is 0 Å². The second kappa shape index (κ2) is 5.53. The Morgan fingerprint density at radius 3 is 2.78 bits per heavy atom. The summed E-state index contributed by atoms with van der Waals surface area (Å²) in [5, 5.41) is 3.42. The van der Waals surface area contributed by atoms with Crippen LogP contribution in [0.25, 0.3) is 0 Å². The van der Waals surface area contributed by atoms with Crippen LogP contribution in [0.4, 0.5) is 8.78 Å². The number of hydrogen-bond acceptors (Lipinski definition) is 2. The summed E-state index contributed by atoms with van der Waals surface area (Å²) >= 11 is 3.38. The fourth-order valence-electron chi connectivity index (χ4n) is 1.65. The van der Waals surface area contributed by atoms with Gasteiger partial charge in [-0.2, -0.15) is 0 Å². The van der Waals surface area contributed by atoms with E-state index in [1.165, 1.54) is 0 Å². The molecule has 1 saturated carbocycles. The summed E-state index contributed by atoms with van der Waals surface area (Å²) in [5.74, 6) is 0.523. The van der Waals surface area contributed by atoms with Crippen LogP contribution in [0, 0.1) is 0 Å². The van der Waals surface area contributed by atoms with Gasteiger partial charge in [0.1, 0.15) is 12.4 Å². The maximum Gasteiger partial charge on any atom is 0.272 e. The Bertz CT molecular complexity index is 421. The first-order valence-corrected chi connectivity index (χ1v) is 6.72. The van der Waals surface area contributed by atoms with Crippen LogP contribution in [-0.4, -0.2) is 18.6 Å². The van der Waals surface area contributed by atoms with E-state index in [1.54, 1.807) is 12.1 Å². The molecule has 2 rings (SSSR count). The van der Waals surface area contributed by atoms with Crippen molar-refractivity contribution in [2.24, 2.45) is 0 Å². The van der Waals surface area contributed by atoms with Gasteiger partial charge in [-0.15, -0.1) is 0 Å². The molecular formula is C13H16BrF2NO. The molecular weight excluding hydrogens is 304 g/mol. The predicted octanol–water partition coefficient (Wildman–Crippen LogP) is 3.74. The highest BCUT2D eigenvalue weighted by Crippen LogP contribution is 2.35. The quantitative estimate of drug-likeness (QED) is 0.862. The molecule has 0 radical (unpaired) electrons. The predicted molar refractivity (Wildman–Crippen MR) is 70.1 cm³/mol. The summed E-state index contributed by atoms with van der Waals surface area (Å²) in [6.45, 7) is 2.23. The van der Waals surface area contributed by atoms with Crippen molar-refractivity contribution in [3.8, 4) is 5.75 Å². The normalized spacial score (nSPS) is 16.9. The van der Waals surface area contributed by atoms with Crippen LogP contribution in [0.2, 0.25) is 0 Å². The summed E-state index contributed by atoms with van der Waals surface area (Å²) in [7, 11) is 0. The average molecular weight is 320 g/mol. The van der Waals surface area contributed by atoms with Gasteiger partial charge in [-0.25, -0.2) is 8.78 Å². The third-order valence-corrected chi connectivity index (χ3v) is 3.59. The van der Waals surface area contributed by atoms with Crippen LogP contribution in [-0.2, 0) is 6.54 Å². The monoisotopic (exact) mass is 319 g/mol. The lowest BCUT2D eigenvalue weighted by Gasteiger charge is -2.15. The lowest BCUT2D eigenvalue weighted by Crippen LogP contribution is -2.27. The minimum absolute atomic E-state index is 0.211. The van der Waals surface area contributed by atoms with Gasteiger partial charge in [-0.1, -0.05) is 15.9 Å². The number of ether oxygens (including phenoxy) is 1. The molecule has 1 aromatic rings. The number of rotatable bonds is 6. The van der Waals surface area contributed by atoms with Gasteiger partial charge in [-0.05, 0) is 38.0 Å². The molecule has 1 fully saturated rings. The van der Waals surface area contributed by atoms with E-state index in [0.29, 0.717) is 12.3 Å². The number of alkyl halides is 2. The standard InChI is InChI=1S/C13H16BrF2NO/c1-13(4-5-13)17-7-9-6-10(14)2-3-11(9)18-8-12(15)16/h2-3,6,12,17H,4-5,7-8H2,1H3. The lowest BCUT2D eigenvalue weighted by molar-refractivity contribution is 0.0813. The second-order valence-electron chi connectivity index (χ2n) is 4.87. The summed E-state index contributed by atoms with van der Waals surface area (Å²) in [4.78, 5) is 0. The SMILES string of the molecule is CC1(NCc2cc(Br)ccc2OCC(F)F)CC1. The van der Waals surface area contributed by atoms with Crippen LogP contribution < -0.4 is 10.1 Å². The van der Waals surface area contributed by atoms with E-state index in [1.807, 2.05) is 6.07 Å². The summed E-state index contributed by atoms with van der Waals surface area (Å²) < 4.78 is 30.4. The van der Waals surface area contributed by atoms with Crippen molar-refractivity contribution >= 4 is 15.9 Å². The first-order chi connectivity index (χ1) is 8.48. The molecule has 5 heteroatoms. The van der Waals surface area contributed by atoms with Gasteiger partial charge in [-0.3, -0.25) is 0 Å². The molecule has 0 amide bonds. The zero-order valence-electron chi connectivity index (χ0n) is 10.2. The van der Waals surface area contributed by atoms with Crippen LogP contribution in [0.5, 0.6) is 5.75 Å². The first-order valence-electron chi connectivity index (χ1n) is 5.93. The average Bonchev–Trinajstić information content (AvgIpc) is 3.04. The van der Waals surface area contributed by atoms with E-state index < -0.39 is 13.0 Å². The number of benzene rings is 1. The molecule has 0 bridgehead atoms. The van der Waals surface area contributed by atoms with Crippen LogP contribution >= 0.6 is 15.9 Å². The van der Waals surface area contributed by atoms with Gasteiger partial charge < -0.3 is 10.1 Å². The van der Waals surface area contributed by atoms with E-state index in [4.69, 9.17) is 4.74 Å². The van der Waals surface area contributed by atoms with E-state index in [2.05, 4.69) is 28.2 Å². The molecule has 1 aliphatic rings.